The molecule has 0 radical (unpaired) electrons. The molecule has 4 nitrogen and oxygen atoms in total. The number of hydrogen-bond donors (Lipinski definition) is 1. The molecule has 2 heterocycles. The summed E-state index contributed by atoms with van der Waals surface area (Å²) in [5.74, 6) is 3.14. The van der Waals surface area contributed by atoms with Crippen LogP contribution in [0.3, 0.4) is 0 Å². The van der Waals surface area contributed by atoms with E-state index in [4.69, 9.17) is 4.42 Å². The third kappa shape index (κ3) is 2.82. The van der Waals surface area contributed by atoms with Crippen LogP contribution in [0.1, 0.15) is 36.3 Å². The Morgan fingerprint density at radius 2 is 2.28 bits per heavy atom. The Morgan fingerprint density at radius 1 is 1.44 bits per heavy atom. The monoisotopic (exact) mass is 247 g/mol. The fraction of sp³-hybridized carbons (Fsp3) is 0.500. The molecule has 0 unspecified atom stereocenters. The van der Waals surface area contributed by atoms with E-state index in [0.29, 0.717) is 0 Å². The molecule has 0 fully saturated rings. The van der Waals surface area contributed by atoms with E-state index in [0.717, 1.165) is 43.3 Å². The predicted octanol–water partition coefficient (Wildman–Crippen LogP) is 2.50. The standard InChI is InChI=1S/C14H21N3O/c1-4-5-14-16-6-7-17(14)10-12-8-11(2)13(18-12)9-15-3/h6-8,15H,4-5,9-10H2,1-3H3. The maximum Gasteiger partial charge on any atom is 0.124 e. The lowest BCUT2D eigenvalue weighted by Gasteiger charge is -2.04. The summed E-state index contributed by atoms with van der Waals surface area (Å²) >= 11 is 0. The first-order chi connectivity index (χ1) is 8.74. The summed E-state index contributed by atoms with van der Waals surface area (Å²) in [5, 5.41) is 3.12. The maximum atomic E-state index is 5.85. The average molecular weight is 247 g/mol. The van der Waals surface area contributed by atoms with Gasteiger partial charge in [0, 0.05) is 18.8 Å². The van der Waals surface area contributed by atoms with Gasteiger partial charge in [0.2, 0.25) is 0 Å². The smallest absolute Gasteiger partial charge is 0.124 e. The topological polar surface area (TPSA) is 43.0 Å². The van der Waals surface area contributed by atoms with Crippen LogP contribution in [0.15, 0.2) is 22.9 Å². The van der Waals surface area contributed by atoms with Gasteiger partial charge in [-0.25, -0.2) is 4.98 Å². The summed E-state index contributed by atoms with van der Waals surface area (Å²) in [6.07, 6.45) is 5.99. The number of furan rings is 1. The van der Waals surface area contributed by atoms with Crippen LogP contribution in [0.4, 0.5) is 0 Å². The molecule has 0 aliphatic heterocycles. The van der Waals surface area contributed by atoms with Crippen molar-refractivity contribution in [2.75, 3.05) is 7.05 Å². The molecule has 0 aliphatic carbocycles. The lowest BCUT2D eigenvalue weighted by molar-refractivity contribution is 0.440. The molecular weight excluding hydrogens is 226 g/mol. The second kappa shape index (κ2) is 5.87. The SMILES string of the molecule is CCCc1nccn1Cc1cc(C)c(CNC)o1. The number of nitrogens with one attached hydrogen (secondary N) is 1. The van der Waals surface area contributed by atoms with Crippen molar-refractivity contribution in [2.24, 2.45) is 0 Å². The second-order valence-electron chi connectivity index (χ2n) is 4.57. The van der Waals surface area contributed by atoms with Gasteiger partial charge in [-0.1, -0.05) is 6.92 Å². The molecule has 0 spiro atoms. The molecule has 18 heavy (non-hydrogen) atoms. The Balaban J connectivity index is 2.13. The van der Waals surface area contributed by atoms with Gasteiger partial charge in [-0.2, -0.15) is 0 Å². The first kappa shape index (κ1) is 12.9. The fourth-order valence-electron chi connectivity index (χ4n) is 2.11. The van der Waals surface area contributed by atoms with Crippen LogP contribution in [-0.2, 0) is 19.5 Å². The van der Waals surface area contributed by atoms with Gasteiger partial charge < -0.3 is 14.3 Å². The van der Waals surface area contributed by atoms with Crippen molar-refractivity contribution in [3.05, 3.63) is 41.4 Å². The Bertz CT molecular complexity index is 499. The molecule has 0 saturated carbocycles. The molecule has 2 rings (SSSR count). The number of rotatable bonds is 6. The third-order valence-electron chi connectivity index (χ3n) is 3.01. The van der Waals surface area contributed by atoms with E-state index in [1.165, 1.54) is 5.56 Å². The van der Waals surface area contributed by atoms with Crippen LogP contribution in [0.5, 0.6) is 0 Å². The number of imidazole rings is 1. The minimum absolute atomic E-state index is 0.764. The molecule has 4 heteroatoms. The molecule has 0 amide bonds. The highest BCUT2D eigenvalue weighted by atomic mass is 16.3. The van der Waals surface area contributed by atoms with Crippen LogP contribution >= 0.6 is 0 Å². The van der Waals surface area contributed by atoms with Gasteiger partial charge in [0.25, 0.3) is 0 Å². The van der Waals surface area contributed by atoms with E-state index in [-0.39, 0.29) is 0 Å². The van der Waals surface area contributed by atoms with Crippen LogP contribution in [0.25, 0.3) is 0 Å². The number of aryl methyl sites for hydroxylation is 2. The van der Waals surface area contributed by atoms with Crippen molar-refractivity contribution >= 4 is 0 Å². The third-order valence-corrected chi connectivity index (χ3v) is 3.01. The van der Waals surface area contributed by atoms with E-state index in [9.17, 15) is 0 Å². The van der Waals surface area contributed by atoms with Crippen molar-refractivity contribution in [3.8, 4) is 0 Å². The molecule has 2 aromatic rings. The fourth-order valence-corrected chi connectivity index (χ4v) is 2.11. The lowest BCUT2D eigenvalue weighted by atomic mass is 10.2. The molecule has 0 saturated heterocycles. The summed E-state index contributed by atoms with van der Waals surface area (Å²) in [5.41, 5.74) is 1.21. The van der Waals surface area contributed by atoms with Crippen LogP contribution < -0.4 is 5.32 Å². The van der Waals surface area contributed by atoms with Crippen molar-refractivity contribution in [3.63, 3.8) is 0 Å². The second-order valence-corrected chi connectivity index (χ2v) is 4.57. The lowest BCUT2D eigenvalue weighted by Crippen LogP contribution is -2.05. The highest BCUT2D eigenvalue weighted by Crippen LogP contribution is 2.16. The van der Waals surface area contributed by atoms with Gasteiger partial charge in [0.15, 0.2) is 0 Å². The van der Waals surface area contributed by atoms with Crippen molar-refractivity contribution < 1.29 is 4.42 Å². The summed E-state index contributed by atoms with van der Waals surface area (Å²) in [7, 11) is 1.93. The van der Waals surface area contributed by atoms with E-state index in [1.54, 1.807) is 0 Å². The quantitative estimate of drug-likeness (QED) is 0.853. The Morgan fingerprint density at radius 3 is 3.00 bits per heavy atom. The molecule has 2 aromatic heterocycles. The van der Waals surface area contributed by atoms with Gasteiger partial charge in [0.05, 0.1) is 13.1 Å². The molecule has 98 valence electrons. The Kier molecular flexibility index (Phi) is 4.20. The molecule has 0 aliphatic rings. The summed E-state index contributed by atoms with van der Waals surface area (Å²) in [6.45, 7) is 5.79. The van der Waals surface area contributed by atoms with Crippen LogP contribution in [-0.4, -0.2) is 16.6 Å². The maximum absolute atomic E-state index is 5.85. The highest BCUT2D eigenvalue weighted by molar-refractivity contribution is 5.20. The van der Waals surface area contributed by atoms with Gasteiger partial charge in [-0.15, -0.1) is 0 Å². The minimum atomic E-state index is 0.764. The van der Waals surface area contributed by atoms with Crippen molar-refractivity contribution in [2.45, 2.75) is 39.8 Å². The average Bonchev–Trinajstić information content (AvgIpc) is 2.89. The minimum Gasteiger partial charge on any atom is -0.463 e. The summed E-state index contributed by atoms with van der Waals surface area (Å²) in [6, 6.07) is 2.11. The largest absolute Gasteiger partial charge is 0.463 e. The normalized spacial score (nSPS) is 11.1. The summed E-state index contributed by atoms with van der Waals surface area (Å²) < 4.78 is 8.01. The number of nitrogens with zero attached hydrogens (tertiary/aromatic N) is 2. The number of aromatic nitrogens is 2. The van der Waals surface area contributed by atoms with Crippen molar-refractivity contribution in [1.29, 1.82) is 0 Å². The first-order valence-corrected chi connectivity index (χ1v) is 6.47. The summed E-state index contributed by atoms with van der Waals surface area (Å²) in [4.78, 5) is 4.38. The zero-order chi connectivity index (χ0) is 13.0. The zero-order valence-electron chi connectivity index (χ0n) is 11.4. The molecule has 0 atom stereocenters. The Hall–Kier alpha value is -1.55. The van der Waals surface area contributed by atoms with Gasteiger partial charge in [0.1, 0.15) is 17.3 Å². The van der Waals surface area contributed by atoms with E-state index in [1.807, 2.05) is 19.4 Å². The van der Waals surface area contributed by atoms with E-state index >= 15 is 0 Å². The van der Waals surface area contributed by atoms with E-state index < -0.39 is 0 Å². The van der Waals surface area contributed by atoms with Gasteiger partial charge in [-0.05, 0) is 32.0 Å². The Labute approximate surface area is 108 Å². The van der Waals surface area contributed by atoms with E-state index in [2.05, 4.69) is 34.8 Å². The van der Waals surface area contributed by atoms with Crippen LogP contribution in [0, 0.1) is 6.92 Å². The van der Waals surface area contributed by atoms with Crippen molar-refractivity contribution in [1.82, 2.24) is 14.9 Å². The zero-order valence-corrected chi connectivity index (χ0v) is 11.4. The molecular formula is C14H21N3O. The first-order valence-electron chi connectivity index (χ1n) is 6.47. The molecule has 0 aromatic carbocycles. The number of hydrogen-bond acceptors (Lipinski definition) is 3. The van der Waals surface area contributed by atoms with Gasteiger partial charge in [-0.3, -0.25) is 0 Å². The van der Waals surface area contributed by atoms with Crippen LogP contribution in [0.2, 0.25) is 0 Å². The van der Waals surface area contributed by atoms with Gasteiger partial charge >= 0.3 is 0 Å². The highest BCUT2D eigenvalue weighted by Gasteiger charge is 2.09. The molecule has 0 bridgehead atoms. The predicted molar refractivity (Wildman–Crippen MR) is 71.5 cm³/mol. The molecule has 1 N–H and O–H groups in total.